The fraction of sp³-hybridized carbons (Fsp3) is 0.300. The van der Waals surface area contributed by atoms with E-state index in [9.17, 15) is 9.18 Å². The Kier molecular flexibility index (Phi) is 4.63. The molecule has 2 aromatic heterocycles. The van der Waals surface area contributed by atoms with Gasteiger partial charge in [0.15, 0.2) is 5.82 Å². The van der Waals surface area contributed by atoms with E-state index in [1.807, 2.05) is 16.9 Å². The monoisotopic (exact) mass is 427 g/mol. The van der Waals surface area contributed by atoms with E-state index in [0.717, 1.165) is 6.42 Å². The Labute approximate surface area is 177 Å². The number of carbonyl (C=O) groups excluding carboxylic acids is 1. The number of rotatable bonds is 4. The maximum atomic E-state index is 14.3. The highest BCUT2D eigenvalue weighted by Crippen LogP contribution is 2.33. The standard InChI is InChI=1S/C20H19ClFN7O/c21-15-3-1-2-14(19(15)22)20(30)29-10-12-6-13(29)9-27(12)11-28-5-4-16(26-28)17-7-24-8-18(23)25-17/h1-5,7-8,12-13H,6,9-11H2,(H2,23,25)/t12-,13-/m0/s1. The summed E-state index contributed by atoms with van der Waals surface area (Å²) in [4.78, 5) is 25.2. The molecular weight excluding hydrogens is 409 g/mol. The maximum Gasteiger partial charge on any atom is 0.257 e. The topological polar surface area (TPSA) is 93.2 Å². The van der Waals surface area contributed by atoms with Gasteiger partial charge >= 0.3 is 0 Å². The Balaban J connectivity index is 1.26. The van der Waals surface area contributed by atoms with Crippen molar-refractivity contribution in [3.05, 3.63) is 59.3 Å². The zero-order chi connectivity index (χ0) is 20.8. The van der Waals surface area contributed by atoms with Gasteiger partial charge in [-0.1, -0.05) is 17.7 Å². The van der Waals surface area contributed by atoms with Gasteiger partial charge in [0.25, 0.3) is 5.91 Å². The maximum absolute atomic E-state index is 14.3. The van der Waals surface area contributed by atoms with Crippen molar-refractivity contribution in [2.75, 3.05) is 18.8 Å². The predicted molar refractivity (Wildman–Crippen MR) is 109 cm³/mol. The van der Waals surface area contributed by atoms with E-state index in [-0.39, 0.29) is 28.6 Å². The molecule has 0 radical (unpaired) electrons. The molecule has 8 nitrogen and oxygen atoms in total. The molecule has 2 atom stereocenters. The first-order valence-corrected chi connectivity index (χ1v) is 9.98. The number of hydrogen-bond donors (Lipinski definition) is 1. The van der Waals surface area contributed by atoms with E-state index in [2.05, 4.69) is 20.0 Å². The molecule has 2 fully saturated rings. The molecule has 2 aliphatic rings. The molecule has 1 aromatic carbocycles. The van der Waals surface area contributed by atoms with Gasteiger partial charge in [0, 0.05) is 31.4 Å². The van der Waals surface area contributed by atoms with E-state index in [0.29, 0.717) is 37.0 Å². The second kappa shape index (κ2) is 7.33. The van der Waals surface area contributed by atoms with Crippen LogP contribution < -0.4 is 5.73 Å². The van der Waals surface area contributed by atoms with Gasteiger partial charge in [0.1, 0.15) is 17.2 Å². The number of amides is 1. The fourth-order valence-electron chi connectivity index (χ4n) is 4.26. The summed E-state index contributed by atoms with van der Waals surface area (Å²) in [6.45, 7) is 1.88. The number of nitrogens with zero attached hydrogens (tertiary/aromatic N) is 6. The van der Waals surface area contributed by atoms with Crippen LogP contribution in [0.15, 0.2) is 42.9 Å². The van der Waals surface area contributed by atoms with Crippen LogP contribution in [0.5, 0.6) is 0 Å². The quantitative estimate of drug-likeness (QED) is 0.686. The molecule has 1 amide bonds. The third-order valence-corrected chi connectivity index (χ3v) is 5.97. The number of carbonyl (C=O) groups is 1. The van der Waals surface area contributed by atoms with E-state index in [1.54, 1.807) is 17.2 Å². The lowest BCUT2D eigenvalue weighted by Gasteiger charge is -2.34. The van der Waals surface area contributed by atoms with Crippen LogP contribution in [0.1, 0.15) is 16.8 Å². The summed E-state index contributed by atoms with van der Waals surface area (Å²) >= 11 is 5.83. The summed E-state index contributed by atoms with van der Waals surface area (Å²) in [7, 11) is 0. The Morgan fingerprint density at radius 3 is 2.83 bits per heavy atom. The van der Waals surface area contributed by atoms with Gasteiger partial charge in [0.2, 0.25) is 0 Å². The van der Waals surface area contributed by atoms with Crippen LogP contribution in [0.4, 0.5) is 10.2 Å². The average Bonchev–Trinajstić information content (AvgIpc) is 3.46. The predicted octanol–water partition coefficient (Wildman–Crippen LogP) is 2.27. The summed E-state index contributed by atoms with van der Waals surface area (Å²) < 4.78 is 16.1. The molecule has 2 bridgehead atoms. The number of likely N-dealkylation sites (tertiary alicyclic amines) is 2. The number of hydrogen-bond acceptors (Lipinski definition) is 6. The highest BCUT2D eigenvalue weighted by atomic mass is 35.5. The number of piperazine rings is 1. The third-order valence-electron chi connectivity index (χ3n) is 5.68. The molecule has 30 heavy (non-hydrogen) atoms. The Morgan fingerprint density at radius 2 is 2.07 bits per heavy atom. The van der Waals surface area contributed by atoms with Gasteiger partial charge in [-0.05, 0) is 24.6 Å². The first-order valence-electron chi connectivity index (χ1n) is 9.60. The number of anilines is 1. The van der Waals surface area contributed by atoms with Gasteiger partial charge in [-0.25, -0.2) is 9.37 Å². The third kappa shape index (κ3) is 3.29. The van der Waals surface area contributed by atoms with Crippen molar-refractivity contribution in [3.63, 3.8) is 0 Å². The Bertz CT molecular complexity index is 1120. The molecule has 0 unspecified atom stereocenters. The lowest BCUT2D eigenvalue weighted by Crippen LogP contribution is -2.49. The molecule has 2 aliphatic heterocycles. The second-order valence-electron chi connectivity index (χ2n) is 7.58. The first-order chi connectivity index (χ1) is 14.5. The molecular formula is C20H19ClFN7O. The number of benzene rings is 1. The lowest BCUT2D eigenvalue weighted by molar-refractivity contribution is 0.0570. The molecule has 2 saturated heterocycles. The summed E-state index contributed by atoms with van der Waals surface area (Å²) in [5.74, 6) is -0.610. The Hall–Kier alpha value is -3.04. The summed E-state index contributed by atoms with van der Waals surface area (Å²) in [5.41, 5.74) is 7.05. The molecule has 0 saturated carbocycles. The minimum atomic E-state index is -0.655. The summed E-state index contributed by atoms with van der Waals surface area (Å²) in [5, 5.41) is 4.53. The second-order valence-corrected chi connectivity index (χ2v) is 7.99. The molecule has 0 aliphatic carbocycles. The number of halogens is 2. The molecule has 5 rings (SSSR count). The van der Waals surface area contributed by atoms with Crippen LogP contribution in [0.3, 0.4) is 0 Å². The Morgan fingerprint density at radius 1 is 1.20 bits per heavy atom. The van der Waals surface area contributed by atoms with Crippen molar-refractivity contribution in [1.82, 2.24) is 29.5 Å². The van der Waals surface area contributed by atoms with Gasteiger partial charge in [-0.15, -0.1) is 0 Å². The van der Waals surface area contributed by atoms with Gasteiger partial charge in [0.05, 0.1) is 29.6 Å². The SMILES string of the molecule is Nc1cncc(-c2ccn(CN3C[C@@H]4C[C@H]3CN4C(=O)c3cccc(Cl)c3F)n2)n1. The van der Waals surface area contributed by atoms with E-state index in [1.165, 1.54) is 18.3 Å². The normalized spacial score (nSPS) is 20.8. The van der Waals surface area contributed by atoms with Crippen LogP contribution in [-0.2, 0) is 6.67 Å². The van der Waals surface area contributed by atoms with Crippen molar-refractivity contribution in [2.45, 2.75) is 25.2 Å². The highest BCUT2D eigenvalue weighted by Gasteiger charge is 2.45. The van der Waals surface area contributed by atoms with Crippen molar-refractivity contribution in [1.29, 1.82) is 0 Å². The zero-order valence-electron chi connectivity index (χ0n) is 15.9. The van der Waals surface area contributed by atoms with Gasteiger partial charge in [-0.3, -0.25) is 19.4 Å². The number of nitrogen functional groups attached to an aromatic ring is 1. The van der Waals surface area contributed by atoms with E-state index >= 15 is 0 Å². The number of aromatic nitrogens is 4. The van der Waals surface area contributed by atoms with Crippen molar-refractivity contribution in [3.8, 4) is 11.4 Å². The van der Waals surface area contributed by atoms with Crippen LogP contribution >= 0.6 is 11.6 Å². The van der Waals surface area contributed by atoms with Crippen LogP contribution in [0.25, 0.3) is 11.4 Å². The number of fused-ring (bicyclic) bond motifs is 2. The van der Waals surface area contributed by atoms with Crippen molar-refractivity contribution >= 4 is 23.3 Å². The number of nitrogens with two attached hydrogens (primary N) is 1. The van der Waals surface area contributed by atoms with E-state index < -0.39 is 5.82 Å². The van der Waals surface area contributed by atoms with Gasteiger partial charge < -0.3 is 10.6 Å². The van der Waals surface area contributed by atoms with Crippen LogP contribution in [0, 0.1) is 5.82 Å². The van der Waals surface area contributed by atoms with E-state index in [4.69, 9.17) is 17.3 Å². The largest absolute Gasteiger partial charge is 0.382 e. The molecule has 10 heteroatoms. The van der Waals surface area contributed by atoms with Crippen molar-refractivity contribution < 1.29 is 9.18 Å². The minimum Gasteiger partial charge on any atom is -0.382 e. The fourth-order valence-corrected chi connectivity index (χ4v) is 4.44. The summed E-state index contributed by atoms with van der Waals surface area (Å²) in [6.07, 6.45) is 5.86. The molecule has 154 valence electrons. The van der Waals surface area contributed by atoms with Crippen molar-refractivity contribution in [2.24, 2.45) is 0 Å². The molecule has 4 heterocycles. The first kappa shape index (κ1) is 19.0. The molecule has 3 aromatic rings. The smallest absolute Gasteiger partial charge is 0.257 e. The average molecular weight is 428 g/mol. The summed E-state index contributed by atoms with van der Waals surface area (Å²) in [6, 6.07) is 6.66. The zero-order valence-corrected chi connectivity index (χ0v) is 16.7. The molecule has 0 spiro atoms. The minimum absolute atomic E-state index is 0.0292. The lowest BCUT2D eigenvalue weighted by atomic mass is 10.1. The van der Waals surface area contributed by atoms with Crippen LogP contribution in [-0.4, -0.2) is 60.6 Å². The molecule has 2 N–H and O–H groups in total. The highest BCUT2D eigenvalue weighted by molar-refractivity contribution is 6.31. The van der Waals surface area contributed by atoms with Gasteiger partial charge in [-0.2, -0.15) is 5.10 Å². The van der Waals surface area contributed by atoms with Crippen LogP contribution in [0.2, 0.25) is 5.02 Å².